The molecule has 0 bridgehead atoms. The van der Waals surface area contributed by atoms with Gasteiger partial charge in [-0.2, -0.15) is 0 Å². The molecule has 15 heavy (non-hydrogen) atoms. The van der Waals surface area contributed by atoms with Crippen LogP contribution in [0.15, 0.2) is 24.3 Å². The fraction of sp³-hybridized carbons (Fsp3) is 0.300. The van der Waals surface area contributed by atoms with Gasteiger partial charge in [-0.25, -0.2) is 9.18 Å². The second-order valence-electron chi connectivity index (χ2n) is 3.19. The summed E-state index contributed by atoms with van der Waals surface area (Å²) in [6.45, 7) is 1.71. The third-order valence-corrected chi connectivity index (χ3v) is 1.64. The Bertz CT molecular complexity index is 342. The van der Waals surface area contributed by atoms with E-state index in [9.17, 15) is 9.18 Å². The summed E-state index contributed by atoms with van der Waals surface area (Å²) in [5, 5.41) is 13.8. The third kappa shape index (κ3) is 4.42. The number of carbonyl (C=O) groups is 1. The molecule has 82 valence electrons. The lowest BCUT2D eigenvalue weighted by Crippen LogP contribution is -2.34. The molecular weight excluding hydrogens is 199 g/mol. The molecule has 1 atom stereocenters. The summed E-state index contributed by atoms with van der Waals surface area (Å²) in [5.41, 5.74) is 0.373. The zero-order valence-corrected chi connectivity index (χ0v) is 8.33. The molecule has 0 unspecified atom stereocenters. The van der Waals surface area contributed by atoms with Gasteiger partial charge in [0.05, 0.1) is 6.10 Å². The topological polar surface area (TPSA) is 61.4 Å². The summed E-state index contributed by atoms with van der Waals surface area (Å²) < 4.78 is 12.7. The summed E-state index contributed by atoms with van der Waals surface area (Å²) in [6.07, 6.45) is -0.608. The maximum Gasteiger partial charge on any atom is 0.319 e. The predicted octanol–water partition coefficient (Wildman–Crippen LogP) is 1.33. The lowest BCUT2D eigenvalue weighted by molar-refractivity contribution is 0.190. The van der Waals surface area contributed by atoms with Crippen LogP contribution in [0, 0.1) is 5.82 Å². The second-order valence-corrected chi connectivity index (χ2v) is 3.19. The molecule has 0 radical (unpaired) electrons. The number of anilines is 1. The van der Waals surface area contributed by atoms with Crippen molar-refractivity contribution in [2.24, 2.45) is 0 Å². The van der Waals surface area contributed by atoms with Gasteiger partial charge < -0.3 is 15.7 Å². The van der Waals surface area contributed by atoms with Crippen LogP contribution < -0.4 is 10.6 Å². The van der Waals surface area contributed by atoms with E-state index in [2.05, 4.69) is 10.6 Å². The van der Waals surface area contributed by atoms with Crippen LogP contribution in [0.3, 0.4) is 0 Å². The predicted molar refractivity (Wildman–Crippen MR) is 55.1 cm³/mol. The number of halogens is 1. The van der Waals surface area contributed by atoms with Crippen molar-refractivity contribution < 1.29 is 14.3 Å². The Hall–Kier alpha value is -1.62. The maximum atomic E-state index is 12.7. The lowest BCUT2D eigenvalue weighted by atomic mass is 10.3. The first-order chi connectivity index (χ1) is 7.08. The Morgan fingerprint density at radius 2 is 2.33 bits per heavy atom. The van der Waals surface area contributed by atoms with E-state index in [1.807, 2.05) is 0 Å². The summed E-state index contributed by atoms with van der Waals surface area (Å²) in [7, 11) is 0. The van der Waals surface area contributed by atoms with Crippen molar-refractivity contribution in [3.63, 3.8) is 0 Å². The zero-order chi connectivity index (χ0) is 11.3. The Morgan fingerprint density at radius 1 is 1.60 bits per heavy atom. The number of benzene rings is 1. The highest BCUT2D eigenvalue weighted by atomic mass is 19.1. The van der Waals surface area contributed by atoms with Crippen LogP contribution in [0.5, 0.6) is 0 Å². The van der Waals surface area contributed by atoms with Gasteiger partial charge in [0.25, 0.3) is 0 Å². The molecule has 4 nitrogen and oxygen atoms in total. The van der Waals surface area contributed by atoms with Gasteiger partial charge in [0.15, 0.2) is 0 Å². The molecule has 0 heterocycles. The van der Waals surface area contributed by atoms with Crippen LogP contribution >= 0.6 is 0 Å². The highest BCUT2D eigenvalue weighted by Gasteiger charge is 2.03. The van der Waals surface area contributed by atoms with Gasteiger partial charge in [0.2, 0.25) is 0 Å². The smallest absolute Gasteiger partial charge is 0.319 e. The fourth-order valence-electron chi connectivity index (χ4n) is 0.982. The van der Waals surface area contributed by atoms with Gasteiger partial charge >= 0.3 is 6.03 Å². The van der Waals surface area contributed by atoms with Gasteiger partial charge in [-0.1, -0.05) is 6.07 Å². The highest BCUT2D eigenvalue weighted by molar-refractivity contribution is 5.89. The monoisotopic (exact) mass is 212 g/mol. The molecule has 0 aliphatic heterocycles. The number of amides is 2. The van der Waals surface area contributed by atoms with Crippen molar-refractivity contribution in [3.05, 3.63) is 30.1 Å². The molecular formula is C10H13FN2O2. The Labute approximate surface area is 87.1 Å². The number of nitrogens with one attached hydrogen (secondary N) is 2. The van der Waals surface area contributed by atoms with Crippen LogP contribution in [-0.4, -0.2) is 23.8 Å². The molecule has 3 N–H and O–H groups in total. The molecule has 0 saturated heterocycles. The summed E-state index contributed by atoms with van der Waals surface area (Å²) >= 11 is 0. The molecule has 0 fully saturated rings. The molecule has 0 aliphatic rings. The van der Waals surface area contributed by atoms with E-state index in [1.54, 1.807) is 13.0 Å². The average molecular weight is 212 g/mol. The first-order valence-corrected chi connectivity index (χ1v) is 4.56. The van der Waals surface area contributed by atoms with E-state index >= 15 is 0 Å². The first kappa shape index (κ1) is 11.5. The van der Waals surface area contributed by atoms with Crippen molar-refractivity contribution >= 4 is 11.7 Å². The van der Waals surface area contributed by atoms with Crippen LogP contribution in [0.1, 0.15) is 6.92 Å². The van der Waals surface area contributed by atoms with E-state index in [4.69, 9.17) is 5.11 Å². The molecule has 1 aromatic rings. The molecule has 0 spiro atoms. The van der Waals surface area contributed by atoms with E-state index < -0.39 is 18.0 Å². The molecule has 0 aromatic heterocycles. The van der Waals surface area contributed by atoms with Gasteiger partial charge in [-0.05, 0) is 25.1 Å². The van der Waals surface area contributed by atoms with E-state index in [0.717, 1.165) is 0 Å². The normalized spacial score (nSPS) is 11.9. The lowest BCUT2D eigenvalue weighted by Gasteiger charge is -2.08. The van der Waals surface area contributed by atoms with Gasteiger partial charge in [-0.3, -0.25) is 0 Å². The third-order valence-electron chi connectivity index (χ3n) is 1.64. The first-order valence-electron chi connectivity index (χ1n) is 4.56. The average Bonchev–Trinajstić information content (AvgIpc) is 2.15. The van der Waals surface area contributed by atoms with E-state index in [0.29, 0.717) is 5.69 Å². The van der Waals surface area contributed by atoms with Crippen LogP contribution in [0.25, 0.3) is 0 Å². The van der Waals surface area contributed by atoms with Gasteiger partial charge in [-0.15, -0.1) is 0 Å². The molecule has 1 aromatic carbocycles. The summed E-state index contributed by atoms with van der Waals surface area (Å²) in [4.78, 5) is 11.2. The minimum Gasteiger partial charge on any atom is -0.392 e. The van der Waals surface area contributed by atoms with Crippen LogP contribution in [0.4, 0.5) is 14.9 Å². The quantitative estimate of drug-likeness (QED) is 0.707. The number of aliphatic hydroxyl groups is 1. The van der Waals surface area contributed by atoms with Crippen molar-refractivity contribution in [2.75, 3.05) is 11.9 Å². The van der Waals surface area contributed by atoms with Crippen molar-refractivity contribution in [2.45, 2.75) is 13.0 Å². The number of hydrogen-bond donors (Lipinski definition) is 3. The summed E-state index contributed by atoms with van der Waals surface area (Å²) in [5.74, 6) is -0.414. The molecule has 5 heteroatoms. The standard InChI is InChI=1S/C10H13FN2O2/c1-7(14)6-12-10(15)13-9-4-2-3-8(11)5-9/h2-5,7,14H,6H2,1H3,(H2,12,13,15)/t7-/m0/s1. The number of hydrogen-bond acceptors (Lipinski definition) is 2. The van der Waals surface area contributed by atoms with Gasteiger partial charge in [0.1, 0.15) is 5.82 Å². The number of rotatable bonds is 3. The Balaban J connectivity index is 2.44. The second kappa shape index (κ2) is 5.31. The number of carbonyl (C=O) groups excluding carboxylic acids is 1. The van der Waals surface area contributed by atoms with Crippen molar-refractivity contribution in [1.82, 2.24) is 5.32 Å². The van der Waals surface area contributed by atoms with Crippen LogP contribution in [0.2, 0.25) is 0 Å². The molecule has 1 rings (SSSR count). The van der Waals surface area contributed by atoms with E-state index in [1.165, 1.54) is 18.2 Å². The van der Waals surface area contributed by atoms with E-state index in [-0.39, 0.29) is 6.54 Å². The molecule has 2 amide bonds. The number of urea groups is 1. The Kier molecular flexibility index (Phi) is 4.05. The Morgan fingerprint density at radius 3 is 2.93 bits per heavy atom. The van der Waals surface area contributed by atoms with Crippen molar-refractivity contribution in [3.8, 4) is 0 Å². The summed E-state index contributed by atoms with van der Waals surface area (Å²) in [6, 6.07) is 5.10. The highest BCUT2D eigenvalue weighted by Crippen LogP contribution is 2.08. The maximum absolute atomic E-state index is 12.7. The zero-order valence-electron chi connectivity index (χ0n) is 8.33. The fourth-order valence-corrected chi connectivity index (χ4v) is 0.982. The molecule has 0 aliphatic carbocycles. The SMILES string of the molecule is C[C@H](O)CNC(=O)Nc1cccc(F)c1. The van der Waals surface area contributed by atoms with Crippen molar-refractivity contribution in [1.29, 1.82) is 0 Å². The minimum absolute atomic E-state index is 0.154. The number of aliphatic hydroxyl groups excluding tert-OH is 1. The van der Waals surface area contributed by atoms with Crippen LogP contribution in [-0.2, 0) is 0 Å². The molecule has 0 saturated carbocycles. The largest absolute Gasteiger partial charge is 0.392 e. The minimum atomic E-state index is -0.608. The van der Waals surface area contributed by atoms with Gasteiger partial charge in [0, 0.05) is 12.2 Å².